The van der Waals surface area contributed by atoms with Crippen molar-refractivity contribution in [2.75, 3.05) is 18.0 Å². The lowest BCUT2D eigenvalue weighted by Gasteiger charge is -2.34. The summed E-state index contributed by atoms with van der Waals surface area (Å²) in [5, 5.41) is 9.31. The van der Waals surface area contributed by atoms with Gasteiger partial charge >= 0.3 is 0 Å². The molecule has 3 nitrogen and oxygen atoms in total. The largest absolute Gasteiger partial charge is 0.370 e. The van der Waals surface area contributed by atoms with Crippen molar-refractivity contribution in [1.29, 1.82) is 5.26 Å². The molecule has 1 aromatic heterocycles. The lowest BCUT2D eigenvalue weighted by molar-refractivity contribution is 0.402. The van der Waals surface area contributed by atoms with Crippen LogP contribution in [0.4, 0.5) is 5.69 Å². The number of hydrogen-bond acceptors (Lipinski definition) is 3. The third-order valence-corrected chi connectivity index (χ3v) is 5.26. The quantitative estimate of drug-likeness (QED) is 0.817. The van der Waals surface area contributed by atoms with Gasteiger partial charge in [-0.2, -0.15) is 5.26 Å². The molecule has 2 aromatic rings. The SMILES string of the molecule is C=Cc1cc(CC2CCN(c3ccccc3C#N)CC2)c(C)nc1C. The van der Waals surface area contributed by atoms with Gasteiger partial charge in [0, 0.05) is 24.5 Å². The van der Waals surface area contributed by atoms with Crippen LogP contribution in [0.5, 0.6) is 0 Å². The van der Waals surface area contributed by atoms with Gasteiger partial charge in [-0.1, -0.05) is 24.8 Å². The molecule has 0 aliphatic carbocycles. The molecule has 1 aromatic carbocycles. The summed E-state index contributed by atoms with van der Waals surface area (Å²) in [6.45, 7) is 10.1. The highest BCUT2D eigenvalue weighted by Crippen LogP contribution is 2.28. The summed E-state index contributed by atoms with van der Waals surface area (Å²) in [5.41, 5.74) is 6.53. The van der Waals surface area contributed by atoms with Gasteiger partial charge in [-0.25, -0.2) is 0 Å². The molecule has 0 radical (unpaired) electrons. The predicted octanol–water partition coefficient (Wildman–Crippen LogP) is 4.67. The minimum absolute atomic E-state index is 0.673. The van der Waals surface area contributed by atoms with Gasteiger partial charge in [0.1, 0.15) is 6.07 Å². The van der Waals surface area contributed by atoms with E-state index in [2.05, 4.69) is 41.6 Å². The number of pyridine rings is 1. The van der Waals surface area contributed by atoms with Crippen molar-refractivity contribution in [2.24, 2.45) is 5.92 Å². The molecule has 1 aliphatic heterocycles. The summed E-state index contributed by atoms with van der Waals surface area (Å²) in [6.07, 6.45) is 5.27. The number of nitrogens with zero attached hydrogens (tertiary/aromatic N) is 3. The molecule has 0 unspecified atom stereocenters. The summed E-state index contributed by atoms with van der Waals surface area (Å²) in [7, 11) is 0. The Labute approximate surface area is 150 Å². The van der Waals surface area contributed by atoms with E-state index in [1.165, 1.54) is 5.56 Å². The fourth-order valence-corrected chi connectivity index (χ4v) is 3.73. The monoisotopic (exact) mass is 331 g/mol. The number of hydrogen-bond donors (Lipinski definition) is 0. The molecule has 1 aliphatic rings. The number of anilines is 1. The van der Waals surface area contributed by atoms with E-state index in [0.29, 0.717) is 5.92 Å². The number of aromatic nitrogens is 1. The Kier molecular flexibility index (Phi) is 5.19. The Morgan fingerprint density at radius 1 is 1.24 bits per heavy atom. The minimum atomic E-state index is 0.673. The van der Waals surface area contributed by atoms with E-state index in [-0.39, 0.29) is 0 Å². The molecule has 3 heteroatoms. The zero-order valence-electron chi connectivity index (χ0n) is 15.1. The van der Waals surface area contributed by atoms with Gasteiger partial charge in [0.05, 0.1) is 11.3 Å². The Hall–Kier alpha value is -2.60. The first-order chi connectivity index (χ1) is 12.1. The van der Waals surface area contributed by atoms with Crippen molar-refractivity contribution in [3.8, 4) is 6.07 Å². The highest BCUT2D eigenvalue weighted by molar-refractivity contribution is 5.59. The first kappa shape index (κ1) is 17.2. The zero-order chi connectivity index (χ0) is 17.8. The number of nitriles is 1. The van der Waals surface area contributed by atoms with Crippen LogP contribution in [-0.2, 0) is 6.42 Å². The standard InChI is InChI=1S/C22H25N3/c1-4-19-14-21(17(3)24-16(19)2)13-18-9-11-25(12-10-18)22-8-6-5-7-20(22)15-23/h4-8,14,18H,1,9-13H2,2-3H3. The van der Waals surface area contributed by atoms with Gasteiger partial charge < -0.3 is 4.90 Å². The van der Waals surface area contributed by atoms with Gasteiger partial charge in [0.2, 0.25) is 0 Å². The molecule has 128 valence electrons. The second-order valence-electron chi connectivity index (χ2n) is 6.88. The predicted molar refractivity (Wildman–Crippen MR) is 104 cm³/mol. The van der Waals surface area contributed by atoms with Crippen molar-refractivity contribution in [3.05, 3.63) is 65.0 Å². The van der Waals surface area contributed by atoms with Crippen molar-refractivity contribution in [2.45, 2.75) is 33.1 Å². The van der Waals surface area contributed by atoms with Crippen LogP contribution in [-0.4, -0.2) is 18.1 Å². The van der Waals surface area contributed by atoms with Crippen LogP contribution in [0.1, 0.15) is 40.9 Å². The van der Waals surface area contributed by atoms with Gasteiger partial charge in [-0.05, 0) is 68.4 Å². The van der Waals surface area contributed by atoms with E-state index >= 15 is 0 Å². The Morgan fingerprint density at radius 3 is 2.64 bits per heavy atom. The topological polar surface area (TPSA) is 39.9 Å². The Morgan fingerprint density at radius 2 is 1.96 bits per heavy atom. The van der Waals surface area contributed by atoms with Crippen LogP contribution in [0.25, 0.3) is 6.08 Å². The number of aryl methyl sites for hydroxylation is 2. The fourth-order valence-electron chi connectivity index (χ4n) is 3.73. The molecule has 0 spiro atoms. The molecule has 0 saturated carbocycles. The molecule has 1 saturated heterocycles. The van der Waals surface area contributed by atoms with Crippen LogP contribution < -0.4 is 4.90 Å². The van der Waals surface area contributed by atoms with E-state index in [0.717, 1.165) is 60.6 Å². The first-order valence-electron chi connectivity index (χ1n) is 8.96. The van der Waals surface area contributed by atoms with Crippen molar-refractivity contribution >= 4 is 11.8 Å². The molecule has 0 amide bonds. The highest BCUT2D eigenvalue weighted by atomic mass is 15.1. The van der Waals surface area contributed by atoms with Crippen LogP contribution >= 0.6 is 0 Å². The summed E-state index contributed by atoms with van der Waals surface area (Å²) in [5.74, 6) is 0.673. The average Bonchev–Trinajstić information content (AvgIpc) is 2.64. The van der Waals surface area contributed by atoms with Gasteiger partial charge in [-0.3, -0.25) is 4.98 Å². The molecule has 25 heavy (non-hydrogen) atoms. The summed E-state index contributed by atoms with van der Waals surface area (Å²) in [4.78, 5) is 7.03. The Balaban J connectivity index is 1.67. The lowest BCUT2D eigenvalue weighted by atomic mass is 9.88. The van der Waals surface area contributed by atoms with Gasteiger partial charge in [-0.15, -0.1) is 0 Å². The average molecular weight is 331 g/mol. The highest BCUT2D eigenvalue weighted by Gasteiger charge is 2.22. The lowest BCUT2D eigenvalue weighted by Crippen LogP contribution is -2.34. The first-order valence-corrected chi connectivity index (χ1v) is 8.96. The third-order valence-electron chi connectivity index (χ3n) is 5.26. The van der Waals surface area contributed by atoms with Gasteiger partial charge in [0.15, 0.2) is 0 Å². The number of piperidine rings is 1. The van der Waals surface area contributed by atoms with Crippen molar-refractivity contribution in [1.82, 2.24) is 4.98 Å². The van der Waals surface area contributed by atoms with Crippen LogP contribution in [0.2, 0.25) is 0 Å². The maximum Gasteiger partial charge on any atom is 0.101 e. The molecular weight excluding hydrogens is 306 g/mol. The maximum atomic E-state index is 9.31. The third kappa shape index (κ3) is 3.74. The molecule has 3 rings (SSSR count). The molecule has 0 atom stereocenters. The number of para-hydroxylation sites is 1. The summed E-state index contributed by atoms with van der Waals surface area (Å²) in [6, 6.07) is 12.5. The fraction of sp³-hybridized carbons (Fsp3) is 0.364. The van der Waals surface area contributed by atoms with E-state index in [1.54, 1.807) is 0 Å². The molecule has 0 N–H and O–H groups in total. The Bertz CT molecular complexity index is 809. The van der Waals surface area contributed by atoms with E-state index < -0.39 is 0 Å². The maximum absolute atomic E-state index is 9.31. The number of benzene rings is 1. The molecule has 2 heterocycles. The summed E-state index contributed by atoms with van der Waals surface area (Å²) >= 11 is 0. The van der Waals surface area contributed by atoms with E-state index in [1.807, 2.05) is 31.2 Å². The van der Waals surface area contributed by atoms with Crippen LogP contribution in [0, 0.1) is 31.1 Å². The van der Waals surface area contributed by atoms with E-state index in [9.17, 15) is 5.26 Å². The van der Waals surface area contributed by atoms with Gasteiger partial charge in [0.25, 0.3) is 0 Å². The molecule has 0 bridgehead atoms. The molecular formula is C22H25N3. The van der Waals surface area contributed by atoms with Crippen molar-refractivity contribution in [3.63, 3.8) is 0 Å². The zero-order valence-corrected chi connectivity index (χ0v) is 15.1. The van der Waals surface area contributed by atoms with Crippen molar-refractivity contribution < 1.29 is 0 Å². The smallest absolute Gasteiger partial charge is 0.101 e. The second kappa shape index (κ2) is 7.53. The molecule has 1 fully saturated rings. The minimum Gasteiger partial charge on any atom is -0.370 e. The summed E-state index contributed by atoms with van der Waals surface area (Å²) < 4.78 is 0. The number of rotatable bonds is 4. The van der Waals surface area contributed by atoms with E-state index in [4.69, 9.17) is 0 Å². The normalized spacial score (nSPS) is 15.0. The van der Waals surface area contributed by atoms with Crippen LogP contribution in [0.3, 0.4) is 0 Å². The van der Waals surface area contributed by atoms with Crippen LogP contribution in [0.15, 0.2) is 36.9 Å². The second-order valence-corrected chi connectivity index (χ2v) is 6.88.